The van der Waals surface area contributed by atoms with E-state index in [0.29, 0.717) is 19.6 Å². The van der Waals surface area contributed by atoms with Crippen LogP contribution in [-0.4, -0.2) is 71.7 Å². The highest BCUT2D eigenvalue weighted by molar-refractivity contribution is 6.02. The van der Waals surface area contributed by atoms with E-state index in [2.05, 4.69) is 28.2 Å². The van der Waals surface area contributed by atoms with Gasteiger partial charge in [-0.2, -0.15) is 5.10 Å². The van der Waals surface area contributed by atoms with Crippen molar-refractivity contribution in [3.8, 4) is 5.75 Å². The molecule has 0 spiro atoms. The molecule has 0 aliphatic carbocycles. The van der Waals surface area contributed by atoms with Gasteiger partial charge in [-0.3, -0.25) is 14.5 Å². The minimum Gasteiger partial charge on any atom is -0.493 e. The Kier molecular flexibility index (Phi) is 6.39. The fourth-order valence-electron chi connectivity index (χ4n) is 4.72. The first kappa shape index (κ1) is 21.6. The van der Waals surface area contributed by atoms with Crippen molar-refractivity contribution >= 4 is 17.5 Å². The third-order valence-corrected chi connectivity index (χ3v) is 6.63. The number of fused-ring (bicyclic) bond motifs is 1. The molecule has 0 aromatic heterocycles. The number of amides is 2. The van der Waals surface area contributed by atoms with Crippen LogP contribution in [0.1, 0.15) is 36.0 Å². The SMILES string of the molecule is O=C(CCC(=O)N1CCC(c2ccccc2)=N1)N1CCN(Cc2ccc3c(c2)CCO3)CC1. The van der Waals surface area contributed by atoms with Gasteiger partial charge in [0.25, 0.3) is 0 Å². The second-order valence-corrected chi connectivity index (χ2v) is 8.88. The lowest BCUT2D eigenvalue weighted by Crippen LogP contribution is -2.48. The smallest absolute Gasteiger partial charge is 0.243 e. The molecule has 3 aliphatic heterocycles. The molecular weight excluding hydrogens is 416 g/mol. The molecule has 0 saturated carbocycles. The van der Waals surface area contributed by atoms with Crippen LogP contribution in [0, 0.1) is 0 Å². The lowest BCUT2D eigenvalue weighted by Gasteiger charge is -2.35. The Morgan fingerprint density at radius 2 is 1.67 bits per heavy atom. The molecule has 2 amide bonds. The zero-order valence-corrected chi connectivity index (χ0v) is 18.9. The van der Waals surface area contributed by atoms with E-state index in [1.807, 2.05) is 35.2 Å². The van der Waals surface area contributed by atoms with Gasteiger partial charge in [-0.1, -0.05) is 42.5 Å². The van der Waals surface area contributed by atoms with Gasteiger partial charge in [0.15, 0.2) is 0 Å². The number of hydrogen-bond donors (Lipinski definition) is 0. The molecule has 1 saturated heterocycles. The number of hydrazone groups is 1. The summed E-state index contributed by atoms with van der Waals surface area (Å²) in [6.07, 6.45) is 2.20. The molecule has 1 fully saturated rings. The number of rotatable bonds is 6. The molecular formula is C26H30N4O3. The first-order valence-corrected chi connectivity index (χ1v) is 11.8. The summed E-state index contributed by atoms with van der Waals surface area (Å²) >= 11 is 0. The first-order chi connectivity index (χ1) is 16.2. The summed E-state index contributed by atoms with van der Waals surface area (Å²) in [5, 5.41) is 6.00. The maximum absolute atomic E-state index is 12.7. The van der Waals surface area contributed by atoms with Crippen LogP contribution >= 0.6 is 0 Å². The average Bonchev–Trinajstić information content (AvgIpc) is 3.53. The van der Waals surface area contributed by atoms with Gasteiger partial charge in [0, 0.05) is 58.4 Å². The Hall–Kier alpha value is -3.19. The van der Waals surface area contributed by atoms with Crippen molar-refractivity contribution in [2.24, 2.45) is 5.10 Å². The quantitative estimate of drug-likeness (QED) is 0.684. The van der Waals surface area contributed by atoms with Crippen LogP contribution < -0.4 is 4.74 Å². The van der Waals surface area contributed by atoms with Crippen LogP contribution in [0.3, 0.4) is 0 Å². The van der Waals surface area contributed by atoms with E-state index < -0.39 is 0 Å². The number of ether oxygens (including phenoxy) is 1. The minimum atomic E-state index is -0.0755. The molecule has 7 nitrogen and oxygen atoms in total. The van der Waals surface area contributed by atoms with Crippen LogP contribution in [0.4, 0.5) is 0 Å². The predicted molar refractivity (Wildman–Crippen MR) is 126 cm³/mol. The molecule has 0 unspecified atom stereocenters. The molecule has 5 rings (SSSR count). The second kappa shape index (κ2) is 9.75. The lowest BCUT2D eigenvalue weighted by atomic mass is 10.1. The molecule has 0 atom stereocenters. The van der Waals surface area contributed by atoms with Crippen LogP contribution in [0.25, 0.3) is 0 Å². The van der Waals surface area contributed by atoms with E-state index in [1.165, 1.54) is 16.1 Å². The van der Waals surface area contributed by atoms with Gasteiger partial charge < -0.3 is 9.64 Å². The standard InChI is InChI=1S/C26H30N4O3/c31-25(8-9-26(32)30-12-10-23(27-30)21-4-2-1-3-5-21)29-15-13-28(14-16-29)19-20-6-7-24-22(18-20)11-17-33-24/h1-7,18H,8-17,19H2. The van der Waals surface area contributed by atoms with Crippen molar-refractivity contribution in [2.45, 2.75) is 32.2 Å². The Morgan fingerprint density at radius 1 is 0.879 bits per heavy atom. The lowest BCUT2D eigenvalue weighted by molar-refractivity contribution is -0.137. The molecule has 33 heavy (non-hydrogen) atoms. The summed E-state index contributed by atoms with van der Waals surface area (Å²) < 4.78 is 5.59. The highest BCUT2D eigenvalue weighted by Crippen LogP contribution is 2.26. The Balaban J connectivity index is 1.06. The van der Waals surface area contributed by atoms with E-state index in [0.717, 1.165) is 56.1 Å². The highest BCUT2D eigenvalue weighted by atomic mass is 16.5. The van der Waals surface area contributed by atoms with Crippen LogP contribution in [0.2, 0.25) is 0 Å². The Labute approximate surface area is 194 Å². The topological polar surface area (TPSA) is 65.5 Å². The van der Waals surface area contributed by atoms with Crippen molar-refractivity contribution < 1.29 is 14.3 Å². The summed E-state index contributed by atoms with van der Waals surface area (Å²) in [7, 11) is 0. The van der Waals surface area contributed by atoms with Gasteiger partial charge in [0.1, 0.15) is 5.75 Å². The van der Waals surface area contributed by atoms with Crippen LogP contribution in [0.5, 0.6) is 5.75 Å². The average molecular weight is 447 g/mol. The molecule has 3 heterocycles. The third kappa shape index (κ3) is 5.09. The fourth-order valence-corrected chi connectivity index (χ4v) is 4.72. The van der Waals surface area contributed by atoms with Crippen molar-refractivity contribution in [1.29, 1.82) is 0 Å². The molecule has 2 aromatic rings. The highest BCUT2D eigenvalue weighted by Gasteiger charge is 2.25. The second-order valence-electron chi connectivity index (χ2n) is 8.88. The molecule has 172 valence electrons. The minimum absolute atomic E-state index is 0.0594. The molecule has 7 heteroatoms. The van der Waals surface area contributed by atoms with E-state index in [4.69, 9.17) is 4.74 Å². The summed E-state index contributed by atoms with van der Waals surface area (Å²) in [4.78, 5) is 29.5. The van der Waals surface area contributed by atoms with Gasteiger partial charge in [0.2, 0.25) is 11.8 Å². The largest absolute Gasteiger partial charge is 0.493 e. The van der Waals surface area contributed by atoms with Crippen LogP contribution in [-0.2, 0) is 22.6 Å². The monoisotopic (exact) mass is 446 g/mol. The number of carbonyl (C=O) groups excluding carboxylic acids is 2. The molecule has 2 aromatic carbocycles. The fraction of sp³-hybridized carbons (Fsp3) is 0.423. The number of nitrogens with zero attached hydrogens (tertiary/aromatic N) is 4. The first-order valence-electron chi connectivity index (χ1n) is 11.8. The van der Waals surface area contributed by atoms with Gasteiger partial charge in [0.05, 0.1) is 18.9 Å². The van der Waals surface area contributed by atoms with Gasteiger partial charge in [-0.25, -0.2) is 5.01 Å². The summed E-state index contributed by atoms with van der Waals surface area (Å²) in [5.74, 6) is 0.997. The zero-order valence-electron chi connectivity index (χ0n) is 18.9. The van der Waals surface area contributed by atoms with Crippen molar-refractivity contribution in [3.05, 3.63) is 65.2 Å². The normalized spacial score (nSPS) is 18.1. The van der Waals surface area contributed by atoms with Gasteiger partial charge in [-0.05, 0) is 22.8 Å². The van der Waals surface area contributed by atoms with E-state index in [-0.39, 0.29) is 24.7 Å². The third-order valence-electron chi connectivity index (χ3n) is 6.63. The maximum atomic E-state index is 12.7. The Morgan fingerprint density at radius 3 is 2.48 bits per heavy atom. The maximum Gasteiger partial charge on any atom is 0.243 e. The van der Waals surface area contributed by atoms with Crippen molar-refractivity contribution in [1.82, 2.24) is 14.8 Å². The zero-order chi connectivity index (χ0) is 22.6. The van der Waals surface area contributed by atoms with Gasteiger partial charge >= 0.3 is 0 Å². The molecule has 3 aliphatic rings. The number of carbonyl (C=O) groups is 2. The number of hydrogen-bond acceptors (Lipinski definition) is 5. The van der Waals surface area contributed by atoms with Crippen molar-refractivity contribution in [2.75, 3.05) is 39.3 Å². The predicted octanol–water partition coefficient (Wildman–Crippen LogP) is 2.68. The summed E-state index contributed by atoms with van der Waals surface area (Å²) in [6.45, 7) is 5.38. The van der Waals surface area contributed by atoms with E-state index in [1.54, 1.807) is 0 Å². The Bertz CT molecular complexity index is 1040. The van der Waals surface area contributed by atoms with Gasteiger partial charge in [-0.15, -0.1) is 0 Å². The molecule has 0 bridgehead atoms. The summed E-state index contributed by atoms with van der Waals surface area (Å²) in [5.41, 5.74) is 4.58. The van der Waals surface area contributed by atoms with Crippen molar-refractivity contribution in [3.63, 3.8) is 0 Å². The molecule has 0 radical (unpaired) electrons. The number of benzene rings is 2. The van der Waals surface area contributed by atoms with E-state index >= 15 is 0 Å². The summed E-state index contributed by atoms with van der Waals surface area (Å²) in [6, 6.07) is 16.4. The van der Waals surface area contributed by atoms with Crippen LogP contribution in [0.15, 0.2) is 53.6 Å². The van der Waals surface area contributed by atoms with E-state index in [9.17, 15) is 9.59 Å². The number of piperazine rings is 1. The molecule has 0 N–H and O–H groups in total.